The van der Waals surface area contributed by atoms with Crippen LogP contribution in [-0.2, 0) is 25.5 Å². The number of hydrogen-bond acceptors (Lipinski definition) is 5. The molecule has 1 aliphatic rings. The summed E-state index contributed by atoms with van der Waals surface area (Å²) in [5, 5.41) is 2.03. The zero-order valence-corrected chi connectivity index (χ0v) is 21.1. The molecule has 0 spiro atoms. The molecule has 2 atom stereocenters. The number of ether oxygens (including phenoxy) is 3. The van der Waals surface area contributed by atoms with Gasteiger partial charge in [-0.3, -0.25) is 4.79 Å². The fraction of sp³-hybridized carbons (Fsp3) is 0.846. The van der Waals surface area contributed by atoms with E-state index in [1.807, 2.05) is 17.1 Å². The molecule has 0 saturated carbocycles. The zero-order valence-electron chi connectivity index (χ0n) is 20.3. The average Bonchev–Trinajstić information content (AvgIpc) is 3.48. The van der Waals surface area contributed by atoms with Gasteiger partial charge in [0, 0.05) is 6.42 Å². The second kappa shape index (κ2) is 18.4. The number of esters is 1. The van der Waals surface area contributed by atoms with Gasteiger partial charge in [-0.15, -0.1) is 0 Å². The highest BCUT2D eigenvalue weighted by Gasteiger charge is 2.26. The van der Waals surface area contributed by atoms with Crippen molar-refractivity contribution in [2.45, 2.75) is 129 Å². The Hall–Kier alpha value is -0.980. The van der Waals surface area contributed by atoms with Gasteiger partial charge >= 0.3 is 5.97 Å². The van der Waals surface area contributed by atoms with E-state index in [1.54, 1.807) is 11.3 Å². The first kappa shape index (κ1) is 27.3. The minimum atomic E-state index is -0.149. The SMILES string of the molecule is CCCCCCCCCCCCCCCC1OCC(COC(=O)CCC[n+]2ccsc2)O1. The van der Waals surface area contributed by atoms with Crippen LogP contribution in [-0.4, -0.2) is 31.6 Å². The Morgan fingerprint density at radius 3 is 2.25 bits per heavy atom. The fourth-order valence-electron chi connectivity index (χ4n) is 4.13. The lowest BCUT2D eigenvalue weighted by atomic mass is 10.0. The Bertz CT molecular complexity index is 566. The van der Waals surface area contributed by atoms with Crippen molar-refractivity contribution in [2.75, 3.05) is 13.2 Å². The minimum Gasteiger partial charge on any atom is -0.463 e. The molecule has 0 aromatic carbocycles. The normalized spacial score (nSPS) is 18.3. The third kappa shape index (κ3) is 13.5. The van der Waals surface area contributed by atoms with Crippen molar-refractivity contribution in [1.82, 2.24) is 0 Å². The van der Waals surface area contributed by atoms with Gasteiger partial charge in [-0.25, -0.2) is 0 Å². The number of hydrogen-bond donors (Lipinski definition) is 0. The van der Waals surface area contributed by atoms with E-state index in [0.29, 0.717) is 19.6 Å². The van der Waals surface area contributed by atoms with Crippen molar-refractivity contribution in [3.63, 3.8) is 0 Å². The van der Waals surface area contributed by atoms with Crippen LogP contribution in [0.3, 0.4) is 0 Å². The molecule has 2 rings (SSSR count). The van der Waals surface area contributed by atoms with Crippen LogP contribution in [0.25, 0.3) is 0 Å². The molecule has 0 radical (unpaired) electrons. The van der Waals surface area contributed by atoms with Gasteiger partial charge in [0.2, 0.25) is 5.51 Å². The summed E-state index contributed by atoms with van der Waals surface area (Å²) >= 11 is 1.66. The first-order valence-electron chi connectivity index (χ1n) is 13.1. The zero-order chi connectivity index (χ0) is 22.7. The van der Waals surface area contributed by atoms with Crippen molar-refractivity contribution >= 4 is 17.3 Å². The minimum absolute atomic E-state index is 0.114. The van der Waals surface area contributed by atoms with Crippen molar-refractivity contribution < 1.29 is 23.6 Å². The largest absolute Gasteiger partial charge is 0.463 e. The predicted molar refractivity (Wildman–Crippen MR) is 130 cm³/mol. The lowest BCUT2D eigenvalue weighted by Crippen LogP contribution is -2.30. The van der Waals surface area contributed by atoms with Gasteiger partial charge in [0.15, 0.2) is 12.5 Å². The number of aromatic nitrogens is 1. The van der Waals surface area contributed by atoms with Crippen LogP contribution < -0.4 is 4.57 Å². The third-order valence-electron chi connectivity index (χ3n) is 6.11. The predicted octanol–water partition coefficient (Wildman–Crippen LogP) is 6.58. The van der Waals surface area contributed by atoms with Gasteiger partial charge in [-0.05, 0) is 12.8 Å². The summed E-state index contributed by atoms with van der Waals surface area (Å²) in [5.41, 5.74) is 2.05. The molecular formula is C26H46NO4S+. The van der Waals surface area contributed by atoms with E-state index in [9.17, 15) is 4.79 Å². The van der Waals surface area contributed by atoms with Crippen LogP contribution in [0.4, 0.5) is 0 Å². The summed E-state index contributed by atoms with van der Waals surface area (Å²) in [7, 11) is 0. The molecule has 1 aliphatic heterocycles. The Morgan fingerprint density at radius 2 is 1.62 bits per heavy atom. The molecule has 6 heteroatoms. The van der Waals surface area contributed by atoms with Gasteiger partial charge in [-0.2, -0.15) is 4.57 Å². The van der Waals surface area contributed by atoms with Crippen molar-refractivity contribution in [3.05, 3.63) is 17.1 Å². The number of aryl methyl sites for hydroxylation is 1. The van der Waals surface area contributed by atoms with E-state index in [1.165, 1.54) is 77.0 Å². The molecule has 0 bridgehead atoms. The maximum absolute atomic E-state index is 11.9. The molecular weight excluding hydrogens is 422 g/mol. The van der Waals surface area contributed by atoms with Crippen LogP contribution in [0, 0.1) is 0 Å². The molecule has 1 saturated heterocycles. The molecule has 0 N–H and O–H groups in total. The van der Waals surface area contributed by atoms with E-state index in [2.05, 4.69) is 11.5 Å². The number of unbranched alkanes of at least 4 members (excludes halogenated alkanes) is 12. The number of carbonyl (C=O) groups is 1. The fourth-order valence-corrected chi connectivity index (χ4v) is 4.76. The molecule has 1 fully saturated rings. The highest BCUT2D eigenvalue weighted by Crippen LogP contribution is 2.19. The first-order valence-corrected chi connectivity index (χ1v) is 14.1. The molecule has 184 valence electrons. The average molecular weight is 469 g/mol. The maximum atomic E-state index is 11.9. The van der Waals surface area contributed by atoms with E-state index < -0.39 is 0 Å². The summed E-state index contributed by atoms with van der Waals surface area (Å²) in [6.45, 7) is 3.96. The first-order chi connectivity index (χ1) is 15.8. The second-order valence-corrected chi connectivity index (χ2v) is 9.86. The molecule has 32 heavy (non-hydrogen) atoms. The maximum Gasteiger partial charge on any atom is 0.306 e. The van der Waals surface area contributed by atoms with E-state index in [0.717, 1.165) is 25.8 Å². The summed E-state index contributed by atoms with van der Waals surface area (Å²) in [6.07, 6.45) is 21.7. The van der Waals surface area contributed by atoms with Crippen molar-refractivity contribution in [2.24, 2.45) is 0 Å². The summed E-state index contributed by atoms with van der Waals surface area (Å²) < 4.78 is 19.1. The van der Waals surface area contributed by atoms with E-state index in [4.69, 9.17) is 14.2 Å². The summed E-state index contributed by atoms with van der Waals surface area (Å²) in [5.74, 6) is -0.149. The second-order valence-electron chi connectivity index (χ2n) is 9.10. The van der Waals surface area contributed by atoms with Crippen LogP contribution >= 0.6 is 11.3 Å². The Morgan fingerprint density at radius 1 is 0.969 bits per heavy atom. The van der Waals surface area contributed by atoms with Crippen LogP contribution in [0.2, 0.25) is 0 Å². The highest BCUT2D eigenvalue weighted by molar-refractivity contribution is 7.07. The summed E-state index contributed by atoms with van der Waals surface area (Å²) in [4.78, 5) is 11.9. The van der Waals surface area contributed by atoms with Crippen LogP contribution in [0.5, 0.6) is 0 Å². The van der Waals surface area contributed by atoms with Gasteiger partial charge < -0.3 is 14.2 Å². The van der Waals surface area contributed by atoms with E-state index in [-0.39, 0.29) is 18.4 Å². The summed E-state index contributed by atoms with van der Waals surface area (Å²) in [6, 6.07) is 0. The van der Waals surface area contributed by atoms with Gasteiger partial charge in [0.1, 0.15) is 19.3 Å². The Labute approximate surface area is 199 Å². The van der Waals surface area contributed by atoms with Gasteiger partial charge in [0.25, 0.3) is 0 Å². The lowest BCUT2D eigenvalue weighted by Gasteiger charge is -2.12. The van der Waals surface area contributed by atoms with Gasteiger partial charge in [0.05, 0.1) is 18.4 Å². The highest BCUT2D eigenvalue weighted by atomic mass is 32.1. The van der Waals surface area contributed by atoms with Crippen molar-refractivity contribution in [3.8, 4) is 0 Å². The topological polar surface area (TPSA) is 48.6 Å². The Kier molecular flexibility index (Phi) is 15.7. The number of rotatable bonds is 20. The van der Waals surface area contributed by atoms with Gasteiger partial charge in [-0.1, -0.05) is 95.3 Å². The van der Waals surface area contributed by atoms with Crippen LogP contribution in [0.1, 0.15) is 110 Å². The number of nitrogens with zero attached hydrogens (tertiary/aromatic N) is 1. The molecule has 0 amide bonds. The lowest BCUT2D eigenvalue weighted by molar-refractivity contribution is -0.692. The monoisotopic (exact) mass is 468 g/mol. The Balaban J connectivity index is 1.33. The standard InChI is InChI=1S/C26H46NO4S/c1-2-3-4-5-6-7-8-9-10-11-12-13-14-17-26-30-22-24(31-26)21-29-25(28)16-15-18-27-19-20-32-23-27/h19-20,23-24,26H,2-18,21-22H2,1H3/q+1. The molecule has 1 aromatic rings. The molecule has 2 unspecified atom stereocenters. The number of thiazole rings is 1. The molecule has 0 aliphatic carbocycles. The number of carbonyl (C=O) groups excluding carboxylic acids is 1. The molecule has 1 aromatic heterocycles. The quantitative estimate of drug-likeness (QED) is 0.123. The van der Waals surface area contributed by atoms with Crippen LogP contribution in [0.15, 0.2) is 17.1 Å². The molecule has 5 nitrogen and oxygen atoms in total. The molecule has 2 heterocycles. The van der Waals surface area contributed by atoms with E-state index >= 15 is 0 Å². The third-order valence-corrected chi connectivity index (χ3v) is 6.78. The smallest absolute Gasteiger partial charge is 0.306 e. The van der Waals surface area contributed by atoms with Crippen molar-refractivity contribution in [1.29, 1.82) is 0 Å².